The lowest BCUT2D eigenvalue weighted by Gasteiger charge is -2.53. The van der Waals surface area contributed by atoms with Crippen molar-refractivity contribution in [3.05, 3.63) is 29.3 Å². The highest BCUT2D eigenvalue weighted by atomic mass is 16.3. The van der Waals surface area contributed by atoms with Crippen LogP contribution in [-0.4, -0.2) is 16.3 Å². The van der Waals surface area contributed by atoms with E-state index in [1.807, 2.05) is 12.1 Å². The molecule has 1 aromatic carbocycles. The molecule has 2 N–H and O–H groups in total. The molecular formula is C28H44O2. The van der Waals surface area contributed by atoms with Crippen LogP contribution in [0.3, 0.4) is 0 Å². The number of aromatic hydroxyl groups is 1. The van der Waals surface area contributed by atoms with Crippen LogP contribution in [0.4, 0.5) is 0 Å². The molecule has 0 amide bonds. The predicted molar refractivity (Wildman–Crippen MR) is 125 cm³/mol. The fraction of sp³-hybridized carbons (Fsp3) is 0.786. The third-order valence-corrected chi connectivity index (χ3v) is 9.26. The van der Waals surface area contributed by atoms with E-state index in [1.165, 1.54) is 81.8 Å². The molecule has 2 heteroatoms. The van der Waals surface area contributed by atoms with E-state index in [0.29, 0.717) is 17.6 Å². The Morgan fingerprint density at radius 1 is 0.967 bits per heavy atom. The Morgan fingerprint density at radius 2 is 1.70 bits per heavy atom. The second kappa shape index (κ2) is 9.63. The fourth-order valence-electron chi connectivity index (χ4n) is 7.57. The lowest BCUT2D eigenvalue weighted by atomic mass is 9.52. The van der Waals surface area contributed by atoms with Gasteiger partial charge in [-0.25, -0.2) is 0 Å². The van der Waals surface area contributed by atoms with Gasteiger partial charge < -0.3 is 10.2 Å². The molecule has 6 atom stereocenters. The zero-order valence-corrected chi connectivity index (χ0v) is 19.4. The van der Waals surface area contributed by atoms with E-state index in [-0.39, 0.29) is 11.5 Å². The zero-order valence-electron chi connectivity index (χ0n) is 19.4. The van der Waals surface area contributed by atoms with Gasteiger partial charge in [-0.1, -0.05) is 71.3 Å². The molecule has 4 rings (SSSR count). The summed E-state index contributed by atoms with van der Waals surface area (Å²) in [6.07, 6.45) is 18.0. The summed E-state index contributed by atoms with van der Waals surface area (Å²) >= 11 is 0. The maximum absolute atomic E-state index is 10.8. The molecule has 2 saturated carbocycles. The Bertz CT molecular complexity index is 698. The summed E-state index contributed by atoms with van der Waals surface area (Å²) in [5.74, 6) is 3.18. The summed E-state index contributed by atoms with van der Waals surface area (Å²) in [6.45, 7) is 4.67. The van der Waals surface area contributed by atoms with Gasteiger partial charge in [0.25, 0.3) is 0 Å². The largest absolute Gasteiger partial charge is 0.508 e. The van der Waals surface area contributed by atoms with Gasteiger partial charge in [0.2, 0.25) is 0 Å². The summed E-state index contributed by atoms with van der Waals surface area (Å²) in [7, 11) is 0. The average molecular weight is 413 g/mol. The van der Waals surface area contributed by atoms with E-state index in [0.717, 1.165) is 31.1 Å². The molecule has 0 aromatic heterocycles. The van der Waals surface area contributed by atoms with Gasteiger partial charge in [-0.3, -0.25) is 0 Å². The minimum Gasteiger partial charge on any atom is -0.508 e. The molecule has 0 heterocycles. The molecule has 3 aliphatic rings. The van der Waals surface area contributed by atoms with E-state index in [2.05, 4.69) is 19.9 Å². The van der Waals surface area contributed by atoms with Crippen molar-refractivity contribution in [1.29, 1.82) is 0 Å². The number of benzene rings is 1. The van der Waals surface area contributed by atoms with Crippen LogP contribution < -0.4 is 0 Å². The molecule has 1 aromatic rings. The number of aliphatic hydroxyl groups excluding tert-OH is 1. The quantitative estimate of drug-likeness (QED) is 0.416. The first-order chi connectivity index (χ1) is 14.5. The fourth-order valence-corrected chi connectivity index (χ4v) is 7.57. The summed E-state index contributed by atoms with van der Waals surface area (Å²) in [6, 6.07) is 6.15. The van der Waals surface area contributed by atoms with Gasteiger partial charge in [0.05, 0.1) is 6.10 Å². The van der Waals surface area contributed by atoms with Crippen molar-refractivity contribution in [2.75, 3.05) is 0 Å². The number of rotatable bonds is 9. The molecule has 0 saturated heterocycles. The first-order valence-corrected chi connectivity index (χ1v) is 13.0. The molecule has 168 valence electrons. The maximum Gasteiger partial charge on any atom is 0.115 e. The summed E-state index contributed by atoms with van der Waals surface area (Å²) in [5, 5.41) is 20.9. The van der Waals surface area contributed by atoms with Crippen molar-refractivity contribution >= 4 is 0 Å². The lowest BCUT2D eigenvalue weighted by Crippen LogP contribution is -2.47. The van der Waals surface area contributed by atoms with Crippen LogP contribution in [0.25, 0.3) is 0 Å². The molecule has 3 aliphatic carbocycles. The minimum atomic E-state index is -0.103. The average Bonchev–Trinajstić information content (AvgIpc) is 3.04. The van der Waals surface area contributed by atoms with Gasteiger partial charge in [0, 0.05) is 0 Å². The van der Waals surface area contributed by atoms with Crippen LogP contribution in [0.15, 0.2) is 18.2 Å². The molecule has 30 heavy (non-hydrogen) atoms. The van der Waals surface area contributed by atoms with Gasteiger partial charge in [-0.05, 0) is 90.9 Å². The number of fused-ring (bicyclic) bond motifs is 5. The van der Waals surface area contributed by atoms with Crippen LogP contribution >= 0.6 is 0 Å². The predicted octanol–water partition coefficient (Wildman–Crippen LogP) is 7.37. The highest BCUT2D eigenvalue weighted by Gasteiger charge is 2.56. The molecule has 0 aliphatic heterocycles. The highest BCUT2D eigenvalue weighted by molar-refractivity contribution is 5.40. The van der Waals surface area contributed by atoms with Gasteiger partial charge in [-0.15, -0.1) is 0 Å². The lowest BCUT2D eigenvalue weighted by molar-refractivity contribution is -0.0396. The second-order valence-corrected chi connectivity index (χ2v) is 11.0. The highest BCUT2D eigenvalue weighted by Crippen LogP contribution is 2.62. The minimum absolute atomic E-state index is 0.103. The van der Waals surface area contributed by atoms with Crippen LogP contribution in [0, 0.1) is 23.2 Å². The summed E-state index contributed by atoms with van der Waals surface area (Å²) in [5.41, 5.74) is 3.05. The monoisotopic (exact) mass is 412 g/mol. The van der Waals surface area contributed by atoms with Crippen LogP contribution in [0.2, 0.25) is 0 Å². The Balaban J connectivity index is 1.43. The zero-order chi connectivity index (χ0) is 21.1. The van der Waals surface area contributed by atoms with Gasteiger partial charge in [0.15, 0.2) is 0 Å². The first-order valence-electron chi connectivity index (χ1n) is 13.0. The van der Waals surface area contributed by atoms with E-state index in [1.54, 1.807) is 0 Å². The Kier molecular flexibility index (Phi) is 7.12. The number of aliphatic hydroxyl groups is 1. The molecule has 0 unspecified atom stereocenters. The molecule has 0 spiro atoms. The number of phenols is 1. The normalized spacial score (nSPS) is 35.0. The number of hydrogen-bond donors (Lipinski definition) is 2. The second-order valence-electron chi connectivity index (χ2n) is 11.0. The standard InChI is InChI=1S/C28H44O2/c1-3-4-5-6-7-8-9-10-11-20-18-21-19-22(29)12-13-23(21)24-16-17-28(2)25(27(20)24)14-15-26(28)30/h12-13,19-20,24-27,29-30H,3-11,14-18H2,1-2H3/t20-,24-,25+,26+,27-,28+/m1/s1. The SMILES string of the molecule is CCCCCCCCCC[C@@H]1Cc2cc(O)ccc2[C@H]2CC[C@]3(C)[C@@H](O)CC[C@H]3[C@H]12. The van der Waals surface area contributed by atoms with Crippen molar-refractivity contribution in [3.8, 4) is 5.75 Å². The van der Waals surface area contributed by atoms with Crippen LogP contribution in [0.5, 0.6) is 5.75 Å². The number of phenolic OH excluding ortho intramolecular Hbond substituents is 1. The molecular weight excluding hydrogens is 368 g/mol. The van der Waals surface area contributed by atoms with Crippen molar-refractivity contribution in [2.45, 2.75) is 116 Å². The molecule has 0 radical (unpaired) electrons. The van der Waals surface area contributed by atoms with Gasteiger partial charge in [0.1, 0.15) is 5.75 Å². The van der Waals surface area contributed by atoms with Crippen LogP contribution in [0.1, 0.15) is 114 Å². The topological polar surface area (TPSA) is 40.5 Å². The Morgan fingerprint density at radius 3 is 2.47 bits per heavy atom. The smallest absolute Gasteiger partial charge is 0.115 e. The first kappa shape index (κ1) is 22.2. The van der Waals surface area contributed by atoms with Gasteiger partial charge in [-0.2, -0.15) is 0 Å². The van der Waals surface area contributed by atoms with E-state index < -0.39 is 0 Å². The van der Waals surface area contributed by atoms with Crippen molar-refractivity contribution < 1.29 is 10.2 Å². The summed E-state index contributed by atoms with van der Waals surface area (Å²) in [4.78, 5) is 0. The third kappa shape index (κ3) is 4.31. The molecule has 2 nitrogen and oxygen atoms in total. The summed E-state index contributed by atoms with van der Waals surface area (Å²) < 4.78 is 0. The van der Waals surface area contributed by atoms with E-state index >= 15 is 0 Å². The Labute approximate surface area is 184 Å². The van der Waals surface area contributed by atoms with Gasteiger partial charge >= 0.3 is 0 Å². The number of unbranched alkanes of at least 4 members (excludes halogenated alkanes) is 7. The Hall–Kier alpha value is -1.02. The van der Waals surface area contributed by atoms with E-state index in [4.69, 9.17) is 0 Å². The maximum atomic E-state index is 10.8. The van der Waals surface area contributed by atoms with Crippen LogP contribution in [-0.2, 0) is 6.42 Å². The molecule has 0 bridgehead atoms. The number of hydrogen-bond acceptors (Lipinski definition) is 2. The third-order valence-electron chi connectivity index (χ3n) is 9.26. The van der Waals surface area contributed by atoms with E-state index in [9.17, 15) is 10.2 Å². The van der Waals surface area contributed by atoms with Crippen molar-refractivity contribution in [1.82, 2.24) is 0 Å². The van der Waals surface area contributed by atoms with Crippen molar-refractivity contribution in [3.63, 3.8) is 0 Å². The van der Waals surface area contributed by atoms with Crippen molar-refractivity contribution in [2.24, 2.45) is 23.2 Å². The molecule has 2 fully saturated rings.